The Morgan fingerprint density at radius 2 is 2.05 bits per heavy atom. The second-order valence-corrected chi connectivity index (χ2v) is 6.04. The SMILES string of the molecule is CCCC(C)[C@H](c1c(F)cccc1Cl)N1CCNCC1. The Morgan fingerprint density at radius 3 is 2.65 bits per heavy atom. The molecular weight excluding hydrogens is 275 g/mol. The van der Waals surface area contributed by atoms with E-state index in [-0.39, 0.29) is 11.9 Å². The van der Waals surface area contributed by atoms with Crippen molar-refractivity contribution in [1.29, 1.82) is 0 Å². The van der Waals surface area contributed by atoms with Gasteiger partial charge in [-0.05, 0) is 24.5 Å². The molecule has 1 N–H and O–H groups in total. The zero-order valence-corrected chi connectivity index (χ0v) is 13.1. The van der Waals surface area contributed by atoms with E-state index in [0.29, 0.717) is 16.5 Å². The van der Waals surface area contributed by atoms with Crippen molar-refractivity contribution in [3.05, 3.63) is 34.6 Å². The molecule has 0 aliphatic carbocycles. The van der Waals surface area contributed by atoms with Crippen LogP contribution in [-0.4, -0.2) is 31.1 Å². The van der Waals surface area contributed by atoms with Crippen molar-refractivity contribution < 1.29 is 4.39 Å². The number of hydrogen-bond donors (Lipinski definition) is 1. The molecule has 20 heavy (non-hydrogen) atoms. The molecule has 4 heteroatoms. The third-order valence-corrected chi connectivity index (χ3v) is 4.45. The van der Waals surface area contributed by atoms with Crippen LogP contribution < -0.4 is 5.32 Å². The summed E-state index contributed by atoms with van der Waals surface area (Å²) in [4.78, 5) is 2.38. The topological polar surface area (TPSA) is 15.3 Å². The number of nitrogens with one attached hydrogen (secondary N) is 1. The van der Waals surface area contributed by atoms with Crippen molar-refractivity contribution in [3.63, 3.8) is 0 Å². The van der Waals surface area contributed by atoms with Gasteiger partial charge in [-0.25, -0.2) is 4.39 Å². The minimum Gasteiger partial charge on any atom is -0.314 e. The fraction of sp³-hybridized carbons (Fsp3) is 0.625. The number of halogens is 2. The molecule has 0 amide bonds. The first-order valence-corrected chi connectivity index (χ1v) is 7.91. The fourth-order valence-corrected chi connectivity index (χ4v) is 3.47. The third-order valence-electron chi connectivity index (χ3n) is 4.12. The van der Waals surface area contributed by atoms with Crippen LogP contribution in [0.3, 0.4) is 0 Å². The summed E-state index contributed by atoms with van der Waals surface area (Å²) < 4.78 is 14.3. The van der Waals surface area contributed by atoms with Crippen LogP contribution in [0.25, 0.3) is 0 Å². The molecule has 1 aliphatic rings. The maximum absolute atomic E-state index is 14.3. The highest BCUT2D eigenvalue weighted by atomic mass is 35.5. The third kappa shape index (κ3) is 3.51. The smallest absolute Gasteiger partial charge is 0.129 e. The normalized spacial score (nSPS) is 19.8. The van der Waals surface area contributed by atoms with Crippen LogP contribution in [0.15, 0.2) is 18.2 Å². The summed E-state index contributed by atoms with van der Waals surface area (Å²) in [7, 11) is 0. The van der Waals surface area contributed by atoms with Gasteiger partial charge >= 0.3 is 0 Å². The van der Waals surface area contributed by atoms with Gasteiger partial charge in [0.2, 0.25) is 0 Å². The quantitative estimate of drug-likeness (QED) is 0.888. The summed E-state index contributed by atoms with van der Waals surface area (Å²) >= 11 is 6.31. The molecule has 1 aliphatic heterocycles. The van der Waals surface area contributed by atoms with Crippen molar-refractivity contribution in [2.75, 3.05) is 26.2 Å². The molecule has 1 fully saturated rings. The molecule has 1 aromatic carbocycles. The Hall–Kier alpha value is -0.640. The first kappa shape index (κ1) is 15.7. The lowest BCUT2D eigenvalue weighted by Crippen LogP contribution is -2.47. The minimum atomic E-state index is -0.177. The van der Waals surface area contributed by atoms with Crippen LogP contribution in [-0.2, 0) is 0 Å². The van der Waals surface area contributed by atoms with Crippen molar-refractivity contribution in [1.82, 2.24) is 10.2 Å². The Bertz CT molecular complexity index is 412. The van der Waals surface area contributed by atoms with Crippen LogP contribution in [0.5, 0.6) is 0 Å². The van der Waals surface area contributed by atoms with Crippen molar-refractivity contribution >= 4 is 11.6 Å². The molecule has 2 atom stereocenters. The van der Waals surface area contributed by atoms with E-state index in [4.69, 9.17) is 11.6 Å². The molecule has 1 unspecified atom stereocenters. The highest BCUT2D eigenvalue weighted by Crippen LogP contribution is 2.37. The van der Waals surface area contributed by atoms with Gasteiger partial charge in [-0.2, -0.15) is 0 Å². The molecule has 0 radical (unpaired) electrons. The number of nitrogens with zero attached hydrogens (tertiary/aromatic N) is 1. The van der Waals surface area contributed by atoms with E-state index in [9.17, 15) is 4.39 Å². The van der Waals surface area contributed by atoms with Crippen LogP contribution in [0, 0.1) is 11.7 Å². The molecular formula is C16H24ClFN2. The first-order chi connectivity index (χ1) is 9.65. The molecule has 112 valence electrons. The standard InChI is InChI=1S/C16H24ClFN2/c1-3-5-12(2)16(20-10-8-19-9-11-20)15-13(17)6-4-7-14(15)18/h4,6-7,12,16,19H,3,5,8-11H2,1-2H3/t12?,16-/m1/s1. The maximum Gasteiger partial charge on any atom is 0.129 e. The van der Waals surface area contributed by atoms with Crippen LogP contribution in [0.4, 0.5) is 4.39 Å². The summed E-state index contributed by atoms with van der Waals surface area (Å²) in [5.41, 5.74) is 0.678. The Kier molecular flexibility index (Phi) is 5.82. The van der Waals surface area contributed by atoms with Gasteiger partial charge < -0.3 is 5.32 Å². The van der Waals surface area contributed by atoms with Gasteiger partial charge in [0.15, 0.2) is 0 Å². The molecule has 0 aromatic heterocycles. The number of rotatable bonds is 5. The lowest BCUT2D eigenvalue weighted by molar-refractivity contribution is 0.123. The highest BCUT2D eigenvalue weighted by Gasteiger charge is 2.30. The van der Waals surface area contributed by atoms with Crippen molar-refractivity contribution in [2.24, 2.45) is 5.92 Å². The second-order valence-electron chi connectivity index (χ2n) is 5.63. The lowest BCUT2D eigenvalue weighted by Gasteiger charge is -2.39. The minimum absolute atomic E-state index is 0.0748. The first-order valence-electron chi connectivity index (χ1n) is 7.53. The Balaban J connectivity index is 2.34. The average Bonchev–Trinajstić information content (AvgIpc) is 2.44. The second kappa shape index (κ2) is 7.39. The van der Waals surface area contributed by atoms with Crippen LogP contribution >= 0.6 is 11.6 Å². The monoisotopic (exact) mass is 298 g/mol. The molecule has 0 spiro atoms. The molecule has 2 nitrogen and oxygen atoms in total. The summed E-state index contributed by atoms with van der Waals surface area (Å²) in [5, 5.41) is 3.91. The van der Waals surface area contributed by atoms with E-state index in [2.05, 4.69) is 24.1 Å². The average molecular weight is 299 g/mol. The maximum atomic E-state index is 14.3. The van der Waals surface area contributed by atoms with Gasteiger partial charge in [0.25, 0.3) is 0 Å². The number of hydrogen-bond acceptors (Lipinski definition) is 2. The van der Waals surface area contributed by atoms with Gasteiger partial charge in [-0.1, -0.05) is 37.9 Å². The summed E-state index contributed by atoms with van der Waals surface area (Å²) in [6.07, 6.45) is 2.19. The number of piperazine rings is 1. The molecule has 0 saturated carbocycles. The lowest BCUT2D eigenvalue weighted by atomic mass is 9.89. The van der Waals surface area contributed by atoms with Gasteiger partial charge in [0.05, 0.1) is 0 Å². The summed E-state index contributed by atoms with van der Waals surface area (Å²) in [5.74, 6) is 0.219. The summed E-state index contributed by atoms with van der Waals surface area (Å²) in [6, 6.07) is 5.08. The van der Waals surface area contributed by atoms with E-state index in [0.717, 1.165) is 39.0 Å². The van der Waals surface area contributed by atoms with E-state index < -0.39 is 0 Å². The molecule has 1 heterocycles. The Morgan fingerprint density at radius 1 is 1.35 bits per heavy atom. The van der Waals surface area contributed by atoms with Gasteiger partial charge in [-0.15, -0.1) is 0 Å². The summed E-state index contributed by atoms with van der Waals surface area (Å²) in [6.45, 7) is 8.20. The van der Waals surface area contributed by atoms with E-state index in [1.807, 2.05) is 0 Å². The predicted molar refractivity (Wildman–Crippen MR) is 82.7 cm³/mol. The van der Waals surface area contributed by atoms with E-state index in [1.165, 1.54) is 6.07 Å². The van der Waals surface area contributed by atoms with Gasteiger partial charge in [0, 0.05) is 42.8 Å². The predicted octanol–water partition coefficient (Wildman–Crippen LogP) is 3.86. The largest absolute Gasteiger partial charge is 0.314 e. The van der Waals surface area contributed by atoms with Crippen molar-refractivity contribution in [3.8, 4) is 0 Å². The Labute approximate surface area is 126 Å². The van der Waals surface area contributed by atoms with E-state index in [1.54, 1.807) is 12.1 Å². The fourth-order valence-electron chi connectivity index (χ4n) is 3.19. The van der Waals surface area contributed by atoms with Crippen molar-refractivity contribution in [2.45, 2.75) is 32.7 Å². The molecule has 1 saturated heterocycles. The zero-order valence-electron chi connectivity index (χ0n) is 12.3. The molecule has 0 bridgehead atoms. The number of benzene rings is 1. The highest BCUT2D eigenvalue weighted by molar-refractivity contribution is 6.31. The van der Waals surface area contributed by atoms with Gasteiger partial charge in [0.1, 0.15) is 5.82 Å². The van der Waals surface area contributed by atoms with Crippen LogP contribution in [0.1, 0.15) is 38.3 Å². The molecule has 1 aromatic rings. The van der Waals surface area contributed by atoms with Gasteiger partial charge in [-0.3, -0.25) is 4.90 Å². The van der Waals surface area contributed by atoms with E-state index >= 15 is 0 Å². The van der Waals surface area contributed by atoms with Crippen LogP contribution in [0.2, 0.25) is 5.02 Å². The molecule has 2 rings (SSSR count). The zero-order chi connectivity index (χ0) is 14.5.